The molecule has 17 nitrogen and oxygen atoms in total. The van der Waals surface area contributed by atoms with Gasteiger partial charge in [0, 0.05) is 43.9 Å². The van der Waals surface area contributed by atoms with Gasteiger partial charge in [-0.1, -0.05) is 29.8 Å². The molecule has 2 heterocycles. The summed E-state index contributed by atoms with van der Waals surface area (Å²) in [5.41, 5.74) is 5.04. The summed E-state index contributed by atoms with van der Waals surface area (Å²) in [7, 11) is -0.220. The first kappa shape index (κ1) is 39.2. The molecule has 0 unspecified atom stereocenters. The van der Waals surface area contributed by atoms with Crippen molar-refractivity contribution in [2.24, 2.45) is 5.73 Å². The molecule has 0 radical (unpaired) electrons. The predicted octanol–water partition coefficient (Wildman–Crippen LogP) is 0.520. The minimum atomic E-state index is -2.05. The SMILES string of the molecule is CN(CCN1CCN(C(=O)N[C@@H](C(=O)N[C@H]2Cc3ccc(F)c(C(=O)O)c3OB2O)c2cc(F)c(O)c(O)c2Cl)C(=O)C1=O)Cc1cccc(C(N)=O)c1. The lowest BCUT2D eigenvalue weighted by molar-refractivity contribution is -0.153. The fourth-order valence-electron chi connectivity index (χ4n) is 5.93. The second-order valence-electron chi connectivity index (χ2n) is 12.4. The number of nitrogens with two attached hydrogens (primary N) is 1. The molecule has 1 saturated heterocycles. The Kier molecular flexibility index (Phi) is 11.6. The van der Waals surface area contributed by atoms with E-state index >= 15 is 0 Å². The molecule has 284 valence electrons. The Balaban J connectivity index is 1.30. The summed E-state index contributed by atoms with van der Waals surface area (Å²) >= 11 is 6.14. The summed E-state index contributed by atoms with van der Waals surface area (Å²) in [6.07, 6.45) is -0.323. The lowest BCUT2D eigenvalue weighted by atomic mass is 9.72. The number of carboxylic acid groups (broad SMARTS) is 1. The van der Waals surface area contributed by atoms with Crippen molar-refractivity contribution < 1.29 is 62.5 Å². The number of carbonyl (C=O) groups excluding carboxylic acids is 5. The van der Waals surface area contributed by atoms with Crippen LogP contribution in [-0.4, -0.2) is 117 Å². The number of carbonyl (C=O) groups is 6. The van der Waals surface area contributed by atoms with Gasteiger partial charge in [-0.2, -0.15) is 0 Å². The lowest BCUT2D eigenvalue weighted by Crippen LogP contribution is -2.60. The van der Waals surface area contributed by atoms with Crippen LogP contribution in [0, 0.1) is 11.6 Å². The van der Waals surface area contributed by atoms with Gasteiger partial charge in [0.05, 0.1) is 11.0 Å². The van der Waals surface area contributed by atoms with Crippen molar-refractivity contribution in [2.45, 2.75) is 24.9 Å². The maximum atomic E-state index is 14.6. The molecule has 3 aromatic rings. The van der Waals surface area contributed by atoms with Crippen LogP contribution in [0.1, 0.15) is 43.4 Å². The van der Waals surface area contributed by atoms with Crippen LogP contribution >= 0.6 is 11.6 Å². The molecule has 6 amide bonds. The molecule has 3 aromatic carbocycles. The standard InChI is InChI=1S/C33H32BClF2N6O11/c1-41(14-15-3-2-4-17(11-15)28(38)46)7-8-42-9-10-43(31(49)30(42)48)33(52)40-24(18-13-20(37)25(44)26(45)23(18)35)29(47)39-21-12-16-5-6-19(36)22(32(50)51)27(16)54-34(21)53/h2-6,11,13,21,24,44-45,53H,7-10,12,14H2,1H3,(H2,38,46)(H,39,47)(H,40,52)(H,50,51)/t21-,24+/m0/s1. The first-order valence-electron chi connectivity index (χ1n) is 16.1. The largest absolute Gasteiger partial charge is 0.547 e. The topological polar surface area (TPSA) is 252 Å². The number of hydrogen-bond donors (Lipinski definition) is 7. The molecule has 8 N–H and O–H groups in total. The predicted molar refractivity (Wildman–Crippen MR) is 183 cm³/mol. The summed E-state index contributed by atoms with van der Waals surface area (Å²) in [6, 6.07) is 5.83. The van der Waals surface area contributed by atoms with Crippen LogP contribution in [0.4, 0.5) is 13.6 Å². The Morgan fingerprint density at radius 1 is 1.07 bits per heavy atom. The number of hydrogen-bond acceptors (Lipinski definition) is 11. The molecular weight excluding hydrogens is 741 g/mol. The van der Waals surface area contributed by atoms with Crippen LogP contribution in [0.2, 0.25) is 5.02 Å². The molecule has 0 saturated carbocycles. The highest BCUT2D eigenvalue weighted by atomic mass is 35.5. The number of primary amides is 1. The molecular formula is C33H32BClF2N6O11. The van der Waals surface area contributed by atoms with Gasteiger partial charge in [0.15, 0.2) is 17.3 Å². The van der Waals surface area contributed by atoms with Crippen LogP contribution in [0.15, 0.2) is 42.5 Å². The zero-order chi connectivity index (χ0) is 39.6. The third kappa shape index (κ3) is 8.14. The van der Waals surface area contributed by atoms with Crippen LogP contribution in [0.5, 0.6) is 17.2 Å². The number of aromatic hydroxyl groups is 2. The Bertz CT molecular complexity index is 2060. The molecule has 2 aliphatic rings. The van der Waals surface area contributed by atoms with Gasteiger partial charge < -0.3 is 51.2 Å². The van der Waals surface area contributed by atoms with Crippen molar-refractivity contribution in [3.63, 3.8) is 0 Å². The lowest BCUT2D eigenvalue weighted by Gasteiger charge is -2.34. The molecule has 2 atom stereocenters. The number of amides is 6. The number of rotatable bonds is 11. The van der Waals surface area contributed by atoms with Crippen molar-refractivity contribution in [3.8, 4) is 17.2 Å². The van der Waals surface area contributed by atoms with E-state index in [1.165, 1.54) is 4.90 Å². The first-order chi connectivity index (χ1) is 25.5. The third-order valence-electron chi connectivity index (χ3n) is 8.76. The van der Waals surface area contributed by atoms with E-state index in [-0.39, 0.29) is 38.2 Å². The van der Waals surface area contributed by atoms with E-state index in [0.717, 1.165) is 17.7 Å². The number of aromatic carboxylic acids is 1. The number of fused-ring (bicyclic) bond motifs is 1. The Morgan fingerprint density at radius 3 is 2.48 bits per heavy atom. The normalized spacial score (nSPS) is 16.1. The van der Waals surface area contributed by atoms with Crippen LogP contribution in [0.3, 0.4) is 0 Å². The maximum absolute atomic E-state index is 14.6. The van der Waals surface area contributed by atoms with E-state index < -0.39 is 99.8 Å². The smallest absolute Gasteiger partial charge is 0.534 e. The zero-order valence-corrected chi connectivity index (χ0v) is 29.0. The molecule has 21 heteroatoms. The molecule has 5 rings (SSSR count). The second kappa shape index (κ2) is 15.9. The number of halogens is 3. The van der Waals surface area contributed by atoms with Gasteiger partial charge in [-0.3, -0.25) is 24.1 Å². The minimum Gasteiger partial charge on any atom is -0.534 e. The number of phenolic OH excluding ortho intramolecular Hbond substituents is 2. The molecule has 0 bridgehead atoms. The number of nitrogens with zero attached hydrogens (tertiary/aromatic N) is 3. The van der Waals surface area contributed by atoms with E-state index in [1.54, 1.807) is 31.3 Å². The molecule has 0 aliphatic carbocycles. The monoisotopic (exact) mass is 772 g/mol. The number of phenols is 2. The van der Waals surface area contributed by atoms with Crippen molar-refractivity contribution >= 4 is 54.3 Å². The summed E-state index contributed by atoms with van der Waals surface area (Å²) < 4.78 is 34.1. The second-order valence-corrected chi connectivity index (χ2v) is 12.8. The summed E-state index contributed by atoms with van der Waals surface area (Å²) in [5.74, 6) is -12.8. The molecule has 0 aromatic heterocycles. The average Bonchev–Trinajstić information content (AvgIpc) is 3.12. The van der Waals surface area contributed by atoms with E-state index in [9.17, 15) is 57.9 Å². The van der Waals surface area contributed by atoms with Crippen molar-refractivity contribution in [2.75, 3.05) is 33.2 Å². The van der Waals surface area contributed by atoms with Crippen molar-refractivity contribution in [3.05, 3.63) is 86.9 Å². The van der Waals surface area contributed by atoms with Crippen LogP contribution in [-0.2, 0) is 27.3 Å². The van der Waals surface area contributed by atoms with Crippen LogP contribution < -0.4 is 21.0 Å². The minimum absolute atomic E-state index is 0.0711. The number of piperazine rings is 1. The highest BCUT2D eigenvalue weighted by Crippen LogP contribution is 2.40. The van der Waals surface area contributed by atoms with Gasteiger partial charge in [0.25, 0.3) is 0 Å². The number of benzene rings is 3. The van der Waals surface area contributed by atoms with Crippen molar-refractivity contribution in [1.29, 1.82) is 0 Å². The number of nitrogens with one attached hydrogen (secondary N) is 2. The van der Waals surface area contributed by atoms with E-state index in [4.69, 9.17) is 22.0 Å². The quantitative estimate of drug-likeness (QED) is 0.0801. The van der Waals surface area contributed by atoms with E-state index in [1.807, 2.05) is 4.90 Å². The van der Waals surface area contributed by atoms with Gasteiger partial charge in [-0.15, -0.1) is 0 Å². The number of carboxylic acids is 1. The zero-order valence-electron chi connectivity index (χ0n) is 28.2. The highest BCUT2D eigenvalue weighted by Gasteiger charge is 2.42. The van der Waals surface area contributed by atoms with Crippen LogP contribution in [0.25, 0.3) is 0 Å². The van der Waals surface area contributed by atoms with Gasteiger partial charge in [0.2, 0.25) is 11.8 Å². The Labute approximate surface area is 310 Å². The van der Waals surface area contributed by atoms with Crippen molar-refractivity contribution in [1.82, 2.24) is 25.3 Å². The summed E-state index contributed by atoms with van der Waals surface area (Å²) in [6.45, 7) is 0.292. The Morgan fingerprint density at radius 2 is 1.80 bits per heavy atom. The summed E-state index contributed by atoms with van der Waals surface area (Å²) in [4.78, 5) is 80.0. The molecule has 1 fully saturated rings. The summed E-state index contributed by atoms with van der Waals surface area (Å²) in [5, 5.41) is 43.8. The van der Waals surface area contributed by atoms with E-state index in [0.29, 0.717) is 23.1 Å². The van der Waals surface area contributed by atoms with Gasteiger partial charge in [0.1, 0.15) is 23.2 Å². The maximum Gasteiger partial charge on any atom is 0.547 e. The third-order valence-corrected chi connectivity index (χ3v) is 9.15. The number of likely N-dealkylation sites (N-methyl/N-ethyl adjacent to an activating group) is 1. The fourth-order valence-corrected chi connectivity index (χ4v) is 6.18. The van der Waals surface area contributed by atoms with E-state index in [2.05, 4.69) is 10.6 Å². The molecule has 0 spiro atoms. The number of urea groups is 1. The highest BCUT2D eigenvalue weighted by molar-refractivity contribution is 6.47. The fraction of sp³-hybridized carbons (Fsp3) is 0.273. The van der Waals surface area contributed by atoms with Gasteiger partial charge in [-0.05, 0) is 48.9 Å². The first-order valence-corrected chi connectivity index (χ1v) is 16.4. The van der Waals surface area contributed by atoms with Gasteiger partial charge in [-0.25, -0.2) is 18.4 Å². The molecule has 2 aliphatic heterocycles. The van der Waals surface area contributed by atoms with Gasteiger partial charge >= 0.3 is 30.9 Å². The Hall–Kier alpha value is -5.99. The average molecular weight is 773 g/mol. The molecule has 54 heavy (non-hydrogen) atoms. The number of imide groups is 1.